The molecule has 0 radical (unpaired) electrons. The van der Waals surface area contributed by atoms with Gasteiger partial charge in [-0.05, 0) is 111 Å². The molecular formula is C28H41FO. The summed E-state index contributed by atoms with van der Waals surface area (Å²) in [5, 5.41) is 0. The van der Waals surface area contributed by atoms with E-state index >= 15 is 4.39 Å². The highest BCUT2D eigenvalue weighted by atomic mass is 19.1. The van der Waals surface area contributed by atoms with Gasteiger partial charge in [0, 0.05) is 0 Å². The molecule has 1 aromatic rings. The van der Waals surface area contributed by atoms with Crippen LogP contribution in [-0.2, 0) is 17.6 Å². The number of unbranched alkanes of at least 4 members (excludes halogenated alkanes) is 1. The highest BCUT2D eigenvalue weighted by Gasteiger charge is 2.36. The Balaban J connectivity index is 1.37. The van der Waals surface area contributed by atoms with Gasteiger partial charge in [0.15, 0.2) is 0 Å². The molecule has 0 aromatic heterocycles. The first-order chi connectivity index (χ1) is 14.7. The average Bonchev–Trinajstić information content (AvgIpc) is 2.77. The first-order valence-corrected chi connectivity index (χ1v) is 12.7. The molecule has 2 fully saturated rings. The number of benzene rings is 1. The molecule has 166 valence electrons. The van der Waals surface area contributed by atoms with Crippen molar-refractivity contribution >= 4 is 0 Å². The molecule has 1 nitrogen and oxygen atoms in total. The maximum Gasteiger partial charge on any atom is 0.126 e. The van der Waals surface area contributed by atoms with Gasteiger partial charge in [-0.25, -0.2) is 4.39 Å². The zero-order chi connectivity index (χ0) is 20.9. The van der Waals surface area contributed by atoms with Crippen LogP contribution < -0.4 is 0 Å². The van der Waals surface area contributed by atoms with Crippen molar-refractivity contribution < 1.29 is 9.13 Å². The van der Waals surface area contributed by atoms with Crippen molar-refractivity contribution in [1.29, 1.82) is 0 Å². The van der Waals surface area contributed by atoms with Crippen LogP contribution in [0, 0.1) is 23.6 Å². The summed E-state index contributed by atoms with van der Waals surface area (Å²) < 4.78 is 21.2. The minimum absolute atomic E-state index is 0.0897. The minimum Gasteiger partial charge on any atom is -0.374 e. The van der Waals surface area contributed by atoms with E-state index in [9.17, 15) is 0 Å². The van der Waals surface area contributed by atoms with Gasteiger partial charge in [-0.15, -0.1) is 0 Å². The Bertz CT molecular complexity index is 724. The van der Waals surface area contributed by atoms with Crippen LogP contribution in [0.3, 0.4) is 0 Å². The Kier molecular flexibility index (Phi) is 7.68. The van der Waals surface area contributed by atoms with Gasteiger partial charge in [0.25, 0.3) is 0 Å². The lowest BCUT2D eigenvalue weighted by atomic mass is 9.65. The van der Waals surface area contributed by atoms with E-state index in [1.54, 1.807) is 0 Å². The average molecular weight is 413 g/mol. The Hall–Kier alpha value is -1.15. The lowest BCUT2D eigenvalue weighted by Crippen LogP contribution is -2.34. The highest BCUT2D eigenvalue weighted by molar-refractivity contribution is 5.37. The summed E-state index contributed by atoms with van der Waals surface area (Å²) >= 11 is 0. The Morgan fingerprint density at radius 1 is 1.07 bits per heavy atom. The van der Waals surface area contributed by atoms with Crippen LogP contribution in [0.4, 0.5) is 4.39 Å². The number of rotatable bonds is 7. The van der Waals surface area contributed by atoms with E-state index in [1.165, 1.54) is 75.3 Å². The summed E-state index contributed by atoms with van der Waals surface area (Å²) in [5.41, 5.74) is 3.66. The molecule has 5 atom stereocenters. The fourth-order valence-corrected chi connectivity index (χ4v) is 6.48. The molecule has 0 N–H and O–H groups in total. The molecular weight excluding hydrogens is 371 g/mol. The van der Waals surface area contributed by atoms with Crippen LogP contribution >= 0.6 is 0 Å². The van der Waals surface area contributed by atoms with Gasteiger partial charge in [-0.1, -0.05) is 44.4 Å². The third-order valence-corrected chi connectivity index (χ3v) is 8.29. The van der Waals surface area contributed by atoms with E-state index in [0.29, 0.717) is 17.9 Å². The molecule has 2 saturated carbocycles. The normalized spacial score (nSPS) is 31.5. The molecule has 0 bridgehead atoms. The quantitative estimate of drug-likeness (QED) is 0.416. The Labute approximate surface area is 183 Å². The zero-order valence-electron chi connectivity index (χ0n) is 19.2. The van der Waals surface area contributed by atoms with Gasteiger partial charge in [-0.3, -0.25) is 0 Å². The van der Waals surface area contributed by atoms with E-state index in [4.69, 9.17) is 4.74 Å². The number of allylic oxidation sites excluding steroid dienone is 1. The number of hydrogen-bond donors (Lipinski definition) is 0. The number of fused-ring (bicyclic) bond motifs is 2. The van der Waals surface area contributed by atoms with Gasteiger partial charge in [0.2, 0.25) is 0 Å². The van der Waals surface area contributed by atoms with Crippen molar-refractivity contribution in [2.45, 2.75) is 103 Å². The molecule has 0 heterocycles. The molecule has 1 aromatic carbocycles. The van der Waals surface area contributed by atoms with Crippen molar-refractivity contribution in [1.82, 2.24) is 0 Å². The monoisotopic (exact) mass is 412 g/mol. The van der Waals surface area contributed by atoms with Crippen LogP contribution in [0.1, 0.15) is 101 Å². The Morgan fingerprint density at radius 3 is 2.73 bits per heavy atom. The molecule has 3 aliphatic rings. The smallest absolute Gasteiger partial charge is 0.126 e. The summed E-state index contributed by atoms with van der Waals surface area (Å²) in [7, 11) is 0. The molecule has 0 spiro atoms. The largest absolute Gasteiger partial charge is 0.374 e. The second-order valence-corrected chi connectivity index (χ2v) is 10.3. The summed E-state index contributed by atoms with van der Waals surface area (Å²) in [4.78, 5) is 0. The summed E-state index contributed by atoms with van der Waals surface area (Å²) in [6.07, 6.45) is 19.2. The lowest BCUT2D eigenvalue weighted by Gasteiger charge is -2.42. The van der Waals surface area contributed by atoms with Crippen molar-refractivity contribution in [3.05, 3.63) is 46.8 Å². The van der Waals surface area contributed by atoms with E-state index < -0.39 is 0 Å². The fourth-order valence-electron chi connectivity index (χ4n) is 6.48. The molecule has 0 aliphatic heterocycles. The van der Waals surface area contributed by atoms with Crippen LogP contribution in [0.5, 0.6) is 0 Å². The van der Waals surface area contributed by atoms with Crippen molar-refractivity contribution in [2.24, 2.45) is 17.8 Å². The number of hydrogen-bond acceptors (Lipinski definition) is 1. The highest BCUT2D eigenvalue weighted by Crippen LogP contribution is 2.47. The van der Waals surface area contributed by atoms with Crippen molar-refractivity contribution in [2.75, 3.05) is 6.61 Å². The number of halogens is 1. The van der Waals surface area contributed by atoms with E-state index in [2.05, 4.69) is 32.1 Å². The molecule has 30 heavy (non-hydrogen) atoms. The first-order valence-electron chi connectivity index (χ1n) is 12.7. The third kappa shape index (κ3) is 5.18. The summed E-state index contributed by atoms with van der Waals surface area (Å²) in [5.74, 6) is 2.96. The molecule has 0 amide bonds. The number of aryl methyl sites for hydroxylation is 1. The van der Waals surface area contributed by atoms with E-state index in [0.717, 1.165) is 36.8 Å². The SMILES string of the molecule is C/C=C/COC1CCC2CC(c3cc(F)c4c(c3)CCC(CCCC)C4)CCC2C1. The van der Waals surface area contributed by atoms with Crippen LogP contribution in [0.15, 0.2) is 24.3 Å². The lowest BCUT2D eigenvalue weighted by molar-refractivity contribution is -0.00321. The van der Waals surface area contributed by atoms with Crippen LogP contribution in [0.25, 0.3) is 0 Å². The van der Waals surface area contributed by atoms with Gasteiger partial charge in [0.1, 0.15) is 5.82 Å². The third-order valence-electron chi connectivity index (χ3n) is 8.29. The van der Waals surface area contributed by atoms with Crippen molar-refractivity contribution in [3.63, 3.8) is 0 Å². The predicted octanol–water partition coefficient (Wildman–Crippen LogP) is 7.77. The van der Waals surface area contributed by atoms with Gasteiger partial charge < -0.3 is 4.74 Å². The first kappa shape index (κ1) is 22.1. The maximum atomic E-state index is 15.1. The molecule has 4 rings (SSSR count). The molecule has 2 heteroatoms. The van der Waals surface area contributed by atoms with Crippen molar-refractivity contribution in [3.8, 4) is 0 Å². The maximum absolute atomic E-state index is 15.1. The zero-order valence-corrected chi connectivity index (χ0v) is 19.2. The van der Waals surface area contributed by atoms with Gasteiger partial charge in [-0.2, -0.15) is 0 Å². The van der Waals surface area contributed by atoms with Gasteiger partial charge in [0.05, 0.1) is 12.7 Å². The predicted molar refractivity (Wildman–Crippen MR) is 123 cm³/mol. The second kappa shape index (κ2) is 10.4. The van der Waals surface area contributed by atoms with E-state index in [1.807, 2.05) is 6.07 Å². The topological polar surface area (TPSA) is 9.23 Å². The standard InChI is InChI=1S/C28H41FO/c1-3-5-7-20-8-9-24-17-25(19-28(29)27(24)15-20)22-10-11-23-18-26(30-14-6-4-2)13-12-21(23)16-22/h4,6,17,19-23,26H,3,5,7-16,18H2,1-2H3/b6-4+. The van der Waals surface area contributed by atoms with Gasteiger partial charge >= 0.3 is 0 Å². The minimum atomic E-state index is 0.0897. The fraction of sp³-hybridized carbons (Fsp3) is 0.714. The van der Waals surface area contributed by atoms with Crippen LogP contribution in [0.2, 0.25) is 0 Å². The van der Waals surface area contributed by atoms with E-state index in [-0.39, 0.29) is 5.82 Å². The Morgan fingerprint density at radius 2 is 1.90 bits per heavy atom. The van der Waals surface area contributed by atoms with Crippen LogP contribution in [-0.4, -0.2) is 12.7 Å². The summed E-state index contributed by atoms with van der Waals surface area (Å²) in [6, 6.07) is 4.31. The number of ether oxygens (including phenoxy) is 1. The summed E-state index contributed by atoms with van der Waals surface area (Å²) in [6.45, 7) is 5.06. The molecule has 0 saturated heterocycles. The molecule has 5 unspecified atom stereocenters. The second-order valence-electron chi connectivity index (χ2n) is 10.3. The molecule has 3 aliphatic carbocycles.